The van der Waals surface area contributed by atoms with Crippen LogP contribution in [0.1, 0.15) is 90.9 Å². The normalized spacial score (nSPS) is 19.8. The summed E-state index contributed by atoms with van der Waals surface area (Å²) in [6.45, 7) is 8.70. The number of likely N-dealkylation sites (tertiary alicyclic amines) is 1. The SMILES string of the molecule is Cc1ccc2c(c1)N(CCN1CCCCCCC1)CCn1c-2c(C2CCCCC2)c2sc(C(=O)O)cc21. The third kappa shape index (κ3) is 4.95. The molecule has 37 heavy (non-hydrogen) atoms. The lowest BCUT2D eigenvalue weighted by Crippen LogP contribution is -2.37. The second-order valence-corrected chi connectivity index (χ2v) is 12.5. The molecule has 0 amide bonds. The van der Waals surface area contributed by atoms with Gasteiger partial charge in [-0.15, -0.1) is 11.3 Å². The maximum absolute atomic E-state index is 11.9. The van der Waals surface area contributed by atoms with Gasteiger partial charge >= 0.3 is 5.97 Å². The van der Waals surface area contributed by atoms with Crippen LogP contribution in [0, 0.1) is 6.92 Å². The van der Waals surface area contributed by atoms with Crippen LogP contribution in [-0.2, 0) is 6.54 Å². The van der Waals surface area contributed by atoms with Crippen LogP contribution in [0.5, 0.6) is 0 Å². The number of anilines is 1. The van der Waals surface area contributed by atoms with Crippen LogP contribution in [-0.4, -0.2) is 53.3 Å². The highest BCUT2D eigenvalue weighted by Crippen LogP contribution is 2.49. The Balaban J connectivity index is 1.41. The highest BCUT2D eigenvalue weighted by molar-refractivity contribution is 7.21. The number of hydrogen-bond donors (Lipinski definition) is 1. The summed E-state index contributed by atoms with van der Waals surface area (Å²) in [6, 6.07) is 8.95. The van der Waals surface area contributed by atoms with E-state index in [9.17, 15) is 9.90 Å². The molecule has 2 aromatic heterocycles. The number of carbonyl (C=O) groups is 1. The Morgan fingerprint density at radius 2 is 1.65 bits per heavy atom. The Labute approximate surface area is 225 Å². The van der Waals surface area contributed by atoms with Crippen LogP contribution in [0.25, 0.3) is 21.5 Å². The summed E-state index contributed by atoms with van der Waals surface area (Å²) in [6.07, 6.45) is 13.1. The number of carboxylic acids is 1. The Morgan fingerprint density at radius 3 is 2.41 bits per heavy atom. The van der Waals surface area contributed by atoms with Gasteiger partial charge in [-0.2, -0.15) is 0 Å². The van der Waals surface area contributed by atoms with Crippen molar-refractivity contribution in [3.05, 3.63) is 40.3 Å². The topological polar surface area (TPSA) is 48.7 Å². The fourth-order valence-electron chi connectivity index (χ4n) is 7.02. The van der Waals surface area contributed by atoms with Gasteiger partial charge in [-0.1, -0.05) is 50.7 Å². The molecule has 5 nitrogen and oxygen atoms in total. The molecule has 6 rings (SSSR count). The Hall–Kier alpha value is -2.31. The van der Waals surface area contributed by atoms with Crippen LogP contribution in [0.3, 0.4) is 0 Å². The quantitative estimate of drug-likeness (QED) is 0.379. The average molecular weight is 520 g/mol. The van der Waals surface area contributed by atoms with Crippen LogP contribution in [0.4, 0.5) is 5.69 Å². The number of thiophene rings is 1. The molecule has 1 saturated heterocycles. The van der Waals surface area contributed by atoms with Crippen molar-refractivity contribution in [1.29, 1.82) is 0 Å². The molecule has 198 valence electrons. The molecule has 2 aliphatic heterocycles. The smallest absolute Gasteiger partial charge is 0.345 e. The maximum Gasteiger partial charge on any atom is 0.345 e. The van der Waals surface area contributed by atoms with Crippen molar-refractivity contribution in [2.75, 3.05) is 37.6 Å². The highest BCUT2D eigenvalue weighted by Gasteiger charge is 2.32. The van der Waals surface area contributed by atoms with Gasteiger partial charge < -0.3 is 19.5 Å². The number of aryl methyl sites for hydroxylation is 1. The number of carboxylic acid groups (broad SMARTS) is 1. The Bertz CT molecular complexity index is 1260. The summed E-state index contributed by atoms with van der Waals surface area (Å²) in [7, 11) is 0. The number of aromatic nitrogens is 1. The van der Waals surface area contributed by atoms with Crippen molar-refractivity contribution in [2.24, 2.45) is 0 Å². The lowest BCUT2D eigenvalue weighted by atomic mass is 9.83. The van der Waals surface area contributed by atoms with E-state index in [0.29, 0.717) is 10.8 Å². The van der Waals surface area contributed by atoms with E-state index in [0.717, 1.165) is 31.7 Å². The minimum atomic E-state index is -0.801. The second kappa shape index (κ2) is 10.8. The summed E-state index contributed by atoms with van der Waals surface area (Å²) < 4.78 is 3.70. The molecule has 1 aromatic carbocycles. The van der Waals surface area contributed by atoms with Crippen molar-refractivity contribution in [3.63, 3.8) is 0 Å². The van der Waals surface area contributed by atoms with Gasteiger partial charge in [-0.25, -0.2) is 4.79 Å². The first-order valence-corrected chi connectivity index (χ1v) is 15.4. The fourth-order valence-corrected chi connectivity index (χ4v) is 8.15. The average Bonchev–Trinajstić information content (AvgIpc) is 3.39. The van der Waals surface area contributed by atoms with E-state index >= 15 is 0 Å². The summed E-state index contributed by atoms with van der Waals surface area (Å²) in [5.41, 5.74) is 7.96. The predicted molar refractivity (Wildman–Crippen MR) is 155 cm³/mol. The van der Waals surface area contributed by atoms with E-state index in [-0.39, 0.29) is 0 Å². The molecule has 0 bridgehead atoms. The third-order valence-corrected chi connectivity index (χ3v) is 10.1. The molecule has 0 unspecified atom stereocenters. The molecule has 3 aromatic rings. The second-order valence-electron chi connectivity index (χ2n) is 11.5. The molecule has 0 atom stereocenters. The number of hydrogen-bond acceptors (Lipinski definition) is 4. The van der Waals surface area contributed by atoms with Gasteiger partial charge in [0.15, 0.2) is 0 Å². The molecular formula is C31H41N3O2S. The molecule has 1 N–H and O–H groups in total. The van der Waals surface area contributed by atoms with Gasteiger partial charge in [0.2, 0.25) is 0 Å². The number of rotatable bonds is 5. The number of fused-ring (bicyclic) bond motifs is 5. The molecule has 1 saturated carbocycles. The van der Waals surface area contributed by atoms with Crippen molar-refractivity contribution in [3.8, 4) is 11.3 Å². The van der Waals surface area contributed by atoms with Crippen LogP contribution in [0.15, 0.2) is 24.3 Å². The number of nitrogens with zero attached hydrogens (tertiary/aromatic N) is 3. The van der Waals surface area contributed by atoms with Gasteiger partial charge in [0.25, 0.3) is 0 Å². The van der Waals surface area contributed by atoms with E-state index < -0.39 is 5.97 Å². The molecule has 1 aliphatic carbocycles. The van der Waals surface area contributed by atoms with E-state index in [1.54, 1.807) is 0 Å². The van der Waals surface area contributed by atoms with E-state index in [1.165, 1.54) is 121 Å². The van der Waals surface area contributed by atoms with Crippen molar-refractivity contribution in [1.82, 2.24) is 9.47 Å². The fraction of sp³-hybridized carbons (Fsp3) is 0.581. The standard InChI is InChI=1S/C31H41N3O2S/c1-22-12-13-24-25(20-22)33(17-16-32-14-8-3-2-4-9-15-32)18-19-34-26-21-27(31(35)36)37-30(26)28(29(24)34)23-10-6-5-7-11-23/h12-13,20-21,23H,2-11,14-19H2,1H3,(H,35,36). The van der Waals surface area contributed by atoms with Crippen molar-refractivity contribution >= 4 is 33.2 Å². The van der Waals surface area contributed by atoms with Gasteiger partial charge in [0.05, 0.1) is 15.9 Å². The first-order chi connectivity index (χ1) is 18.1. The van der Waals surface area contributed by atoms with Gasteiger partial charge in [0, 0.05) is 37.4 Å². The Morgan fingerprint density at radius 1 is 0.919 bits per heavy atom. The highest BCUT2D eigenvalue weighted by atomic mass is 32.1. The molecule has 3 aliphatic rings. The predicted octanol–water partition coefficient (Wildman–Crippen LogP) is 7.51. The zero-order valence-electron chi connectivity index (χ0n) is 22.3. The maximum atomic E-state index is 11.9. The minimum Gasteiger partial charge on any atom is -0.477 e. The van der Waals surface area contributed by atoms with Crippen molar-refractivity contribution < 1.29 is 9.90 Å². The number of benzene rings is 1. The zero-order valence-corrected chi connectivity index (χ0v) is 23.1. The van der Waals surface area contributed by atoms with E-state index in [2.05, 4.69) is 39.5 Å². The van der Waals surface area contributed by atoms with Gasteiger partial charge in [0.1, 0.15) is 4.88 Å². The summed E-state index contributed by atoms with van der Waals surface area (Å²) in [5.74, 6) is -0.279. The molecule has 2 fully saturated rings. The summed E-state index contributed by atoms with van der Waals surface area (Å²) >= 11 is 1.50. The van der Waals surface area contributed by atoms with E-state index in [1.807, 2.05) is 6.07 Å². The van der Waals surface area contributed by atoms with Crippen LogP contribution < -0.4 is 4.90 Å². The molecule has 6 heteroatoms. The minimum absolute atomic E-state index is 0.472. The first-order valence-electron chi connectivity index (χ1n) is 14.6. The van der Waals surface area contributed by atoms with Crippen molar-refractivity contribution in [2.45, 2.75) is 83.6 Å². The molecule has 0 spiro atoms. The molecule has 0 radical (unpaired) electrons. The zero-order chi connectivity index (χ0) is 25.4. The third-order valence-electron chi connectivity index (χ3n) is 8.97. The lowest BCUT2D eigenvalue weighted by Gasteiger charge is -2.30. The van der Waals surface area contributed by atoms with E-state index in [4.69, 9.17) is 0 Å². The largest absolute Gasteiger partial charge is 0.477 e. The summed E-state index contributed by atoms with van der Waals surface area (Å²) in [5, 5.41) is 9.82. The monoisotopic (exact) mass is 519 g/mol. The van der Waals surface area contributed by atoms with Crippen LogP contribution in [0.2, 0.25) is 0 Å². The number of aromatic carboxylic acids is 1. The lowest BCUT2D eigenvalue weighted by molar-refractivity contribution is 0.0702. The van der Waals surface area contributed by atoms with Gasteiger partial charge in [-0.3, -0.25) is 0 Å². The molecule has 4 heterocycles. The first kappa shape index (κ1) is 25.0. The van der Waals surface area contributed by atoms with Gasteiger partial charge in [-0.05, 0) is 74.9 Å². The summed E-state index contributed by atoms with van der Waals surface area (Å²) in [4.78, 5) is 17.7. The van der Waals surface area contributed by atoms with Crippen LogP contribution >= 0.6 is 11.3 Å². The Kier molecular flexibility index (Phi) is 7.31. The molecular weight excluding hydrogens is 478 g/mol.